The Labute approximate surface area is 231 Å². The number of benzene rings is 3. The van der Waals surface area contributed by atoms with Crippen molar-refractivity contribution in [2.75, 3.05) is 5.75 Å². The molecule has 3 aromatic carbocycles. The summed E-state index contributed by atoms with van der Waals surface area (Å²) in [4.78, 5) is 12.1. The Morgan fingerprint density at radius 3 is 2.57 bits per heavy atom. The van der Waals surface area contributed by atoms with Gasteiger partial charge in [0, 0.05) is 15.6 Å². The molecule has 0 bridgehead atoms. The van der Waals surface area contributed by atoms with Crippen molar-refractivity contribution in [1.82, 2.24) is 15.6 Å². The number of hydrogen-bond acceptors (Lipinski definition) is 8. The molecule has 0 atom stereocenters. The molecule has 0 fully saturated rings. The normalized spacial score (nSPS) is 11.0. The second-order valence-electron chi connectivity index (χ2n) is 7.36. The summed E-state index contributed by atoms with van der Waals surface area (Å²) in [5.41, 5.74) is 4.15. The molecule has 190 valence electrons. The first-order valence-corrected chi connectivity index (χ1v) is 12.9. The maximum absolute atomic E-state index is 12.1. The van der Waals surface area contributed by atoms with Gasteiger partial charge in [0.15, 0.2) is 6.61 Å². The van der Waals surface area contributed by atoms with E-state index in [4.69, 9.17) is 48.7 Å². The van der Waals surface area contributed by atoms with Gasteiger partial charge in [-0.05, 0) is 54.1 Å². The van der Waals surface area contributed by atoms with Crippen molar-refractivity contribution in [3.8, 4) is 11.5 Å². The van der Waals surface area contributed by atoms with Gasteiger partial charge in [0.2, 0.25) is 0 Å². The van der Waals surface area contributed by atoms with Crippen LogP contribution in [0, 0.1) is 0 Å². The summed E-state index contributed by atoms with van der Waals surface area (Å²) in [6.07, 6.45) is 1.53. The van der Waals surface area contributed by atoms with Crippen molar-refractivity contribution in [3.05, 3.63) is 98.8 Å². The van der Waals surface area contributed by atoms with Gasteiger partial charge in [-0.1, -0.05) is 64.8 Å². The number of carbonyl (C=O) groups excluding carboxylic acids is 1. The van der Waals surface area contributed by atoms with Crippen LogP contribution in [-0.4, -0.2) is 28.1 Å². The maximum atomic E-state index is 12.1. The Bertz CT molecular complexity index is 1380. The summed E-state index contributed by atoms with van der Waals surface area (Å²) in [6.45, 7) is 0.390. The van der Waals surface area contributed by atoms with Gasteiger partial charge in [0.1, 0.15) is 18.1 Å². The first kappa shape index (κ1) is 26.8. The molecule has 0 saturated carbocycles. The van der Waals surface area contributed by atoms with Crippen molar-refractivity contribution in [3.63, 3.8) is 0 Å². The van der Waals surface area contributed by atoms with Crippen LogP contribution in [0.2, 0.25) is 15.1 Å². The van der Waals surface area contributed by atoms with Gasteiger partial charge in [-0.15, -0.1) is 10.2 Å². The average Bonchev–Trinajstić information content (AvgIpc) is 3.35. The van der Waals surface area contributed by atoms with Crippen molar-refractivity contribution in [2.24, 2.45) is 5.10 Å². The number of hydrazone groups is 1. The quantitative estimate of drug-likeness (QED) is 0.125. The first-order valence-electron chi connectivity index (χ1n) is 10.8. The highest BCUT2D eigenvalue weighted by Crippen LogP contribution is 2.28. The highest BCUT2D eigenvalue weighted by Gasteiger charge is 2.11. The highest BCUT2D eigenvalue weighted by atomic mass is 35.5. The Balaban J connectivity index is 1.17. The van der Waals surface area contributed by atoms with Crippen molar-refractivity contribution >= 4 is 58.7 Å². The minimum atomic E-state index is -0.329. The number of nitrogens with one attached hydrogen (secondary N) is 1. The van der Waals surface area contributed by atoms with Crippen LogP contribution in [0.4, 0.5) is 0 Å². The fourth-order valence-corrected chi connectivity index (χ4v) is 4.08. The van der Waals surface area contributed by atoms with Gasteiger partial charge < -0.3 is 13.9 Å². The van der Waals surface area contributed by atoms with Crippen LogP contribution in [0.1, 0.15) is 17.0 Å². The van der Waals surface area contributed by atoms with Crippen LogP contribution in [0.3, 0.4) is 0 Å². The molecule has 0 radical (unpaired) electrons. The maximum Gasteiger partial charge on any atom is 0.277 e. The topological polar surface area (TPSA) is 98.8 Å². The van der Waals surface area contributed by atoms with Gasteiger partial charge in [-0.25, -0.2) is 5.43 Å². The molecular formula is C25H19Cl3N4O4S. The Kier molecular flexibility index (Phi) is 9.67. The number of halogens is 3. The second kappa shape index (κ2) is 13.3. The average molecular weight is 578 g/mol. The Hall–Kier alpha value is -3.24. The third-order valence-electron chi connectivity index (χ3n) is 4.66. The zero-order chi connectivity index (χ0) is 26.0. The molecule has 8 nitrogen and oxygen atoms in total. The molecule has 4 rings (SSSR count). The number of thioether (sulfide) groups is 1. The number of ether oxygens (including phenoxy) is 2. The van der Waals surface area contributed by atoms with Crippen molar-refractivity contribution in [1.29, 1.82) is 0 Å². The molecule has 1 N–H and O–H groups in total. The molecule has 0 saturated heterocycles. The van der Waals surface area contributed by atoms with E-state index >= 15 is 0 Å². The molecule has 1 amide bonds. The fraction of sp³-hybridized carbons (Fsp3) is 0.120. The summed E-state index contributed by atoms with van der Waals surface area (Å²) >= 11 is 19.2. The third kappa shape index (κ3) is 8.40. The van der Waals surface area contributed by atoms with E-state index < -0.39 is 0 Å². The van der Waals surface area contributed by atoms with Gasteiger partial charge in [0.05, 0.1) is 17.0 Å². The smallest absolute Gasteiger partial charge is 0.277 e. The van der Waals surface area contributed by atoms with E-state index in [1.54, 1.807) is 18.2 Å². The summed E-state index contributed by atoms with van der Waals surface area (Å²) < 4.78 is 16.8. The molecule has 12 heteroatoms. The predicted molar refractivity (Wildman–Crippen MR) is 144 cm³/mol. The molecular weight excluding hydrogens is 559 g/mol. The lowest BCUT2D eigenvalue weighted by Crippen LogP contribution is -2.19. The van der Waals surface area contributed by atoms with Crippen molar-refractivity contribution < 1.29 is 18.7 Å². The summed E-state index contributed by atoms with van der Waals surface area (Å²) in [6, 6.07) is 19.7. The van der Waals surface area contributed by atoms with Crippen molar-refractivity contribution in [2.45, 2.75) is 18.4 Å². The number of hydrogen-bond donors (Lipinski definition) is 1. The molecule has 0 aliphatic carbocycles. The van der Waals surface area contributed by atoms with E-state index in [0.29, 0.717) is 33.2 Å². The fourth-order valence-electron chi connectivity index (χ4n) is 2.85. The van der Waals surface area contributed by atoms with E-state index in [0.717, 1.165) is 22.9 Å². The number of amides is 1. The predicted octanol–water partition coefficient (Wildman–Crippen LogP) is 6.43. The van der Waals surface area contributed by atoms with E-state index in [1.165, 1.54) is 6.21 Å². The second-order valence-corrected chi connectivity index (χ2v) is 9.53. The van der Waals surface area contributed by atoms with Gasteiger partial charge in [-0.3, -0.25) is 4.79 Å². The zero-order valence-electron chi connectivity index (χ0n) is 19.1. The number of aromatic nitrogens is 2. The lowest BCUT2D eigenvalue weighted by molar-refractivity contribution is -0.118. The Morgan fingerprint density at radius 2 is 1.78 bits per heavy atom. The molecule has 0 aliphatic rings. The van der Waals surface area contributed by atoms with Crippen LogP contribution in [0.25, 0.3) is 0 Å². The molecule has 0 aliphatic heterocycles. The number of rotatable bonds is 11. The number of nitrogens with zero attached hydrogens (tertiary/aromatic N) is 3. The SMILES string of the molecule is O=C(CSc1nnc(COc2ccc(Cl)cc2Cl)o1)N/N=C\c1ccc(OCc2ccccc2Cl)cc1. The van der Waals surface area contributed by atoms with Crippen LogP contribution < -0.4 is 14.9 Å². The van der Waals surface area contributed by atoms with Gasteiger partial charge in [-0.2, -0.15) is 5.10 Å². The standard InChI is InChI=1S/C25H19Cl3N4O4S/c26-18-7-10-22(21(28)11-18)35-14-24-31-32-25(36-24)37-15-23(33)30-29-12-16-5-8-19(9-6-16)34-13-17-3-1-2-4-20(17)27/h1-12H,13-15H2,(H,30,33)/b29-12-. The van der Waals surface area contributed by atoms with E-state index in [-0.39, 0.29) is 29.4 Å². The van der Waals surface area contributed by atoms with Gasteiger partial charge >= 0.3 is 0 Å². The summed E-state index contributed by atoms with van der Waals surface area (Å²) in [5, 5.41) is 13.5. The highest BCUT2D eigenvalue weighted by molar-refractivity contribution is 7.99. The Morgan fingerprint density at radius 1 is 0.973 bits per heavy atom. The van der Waals surface area contributed by atoms with Crippen LogP contribution in [0.5, 0.6) is 11.5 Å². The third-order valence-corrected chi connectivity index (χ3v) is 6.37. The minimum Gasteiger partial charge on any atom is -0.489 e. The number of carbonyl (C=O) groups is 1. The van der Waals surface area contributed by atoms with E-state index in [1.807, 2.05) is 48.5 Å². The first-order chi connectivity index (χ1) is 18.0. The zero-order valence-corrected chi connectivity index (χ0v) is 22.2. The van der Waals surface area contributed by atoms with Gasteiger partial charge in [0.25, 0.3) is 17.0 Å². The molecule has 37 heavy (non-hydrogen) atoms. The molecule has 1 aromatic heterocycles. The molecule has 4 aromatic rings. The van der Waals surface area contributed by atoms with Crippen LogP contribution in [0.15, 0.2) is 81.5 Å². The molecule has 0 unspecified atom stereocenters. The van der Waals surface area contributed by atoms with Crippen LogP contribution >= 0.6 is 46.6 Å². The monoisotopic (exact) mass is 576 g/mol. The minimum absolute atomic E-state index is 0.0230. The lowest BCUT2D eigenvalue weighted by atomic mass is 10.2. The lowest BCUT2D eigenvalue weighted by Gasteiger charge is -2.07. The summed E-state index contributed by atoms with van der Waals surface area (Å²) in [5.74, 6) is 1.08. The summed E-state index contributed by atoms with van der Waals surface area (Å²) in [7, 11) is 0. The molecule has 1 heterocycles. The van der Waals surface area contributed by atoms with E-state index in [2.05, 4.69) is 20.7 Å². The van der Waals surface area contributed by atoms with Crippen LogP contribution in [-0.2, 0) is 18.0 Å². The van der Waals surface area contributed by atoms with E-state index in [9.17, 15) is 4.79 Å². The largest absolute Gasteiger partial charge is 0.489 e. The molecule has 0 spiro atoms.